The van der Waals surface area contributed by atoms with E-state index in [1.165, 1.54) is 0 Å². The summed E-state index contributed by atoms with van der Waals surface area (Å²) in [6.45, 7) is 0. The average Bonchev–Trinajstić information content (AvgIpc) is 3.03. The molecule has 0 saturated heterocycles. The van der Waals surface area contributed by atoms with Crippen molar-refractivity contribution >= 4 is 23.1 Å². The Kier molecular flexibility index (Phi) is 2.72. The zero-order valence-electron chi connectivity index (χ0n) is 11.7. The smallest absolute Gasteiger partial charge is 0.336 e. The molecule has 0 spiro atoms. The van der Waals surface area contributed by atoms with Gasteiger partial charge < -0.3 is 10.3 Å². The molecule has 5 nitrogen and oxygen atoms in total. The second-order valence-electron chi connectivity index (χ2n) is 5.28. The minimum absolute atomic E-state index is 0.319. The van der Waals surface area contributed by atoms with E-state index in [9.17, 15) is 4.79 Å². The number of H-pyrrole nitrogens is 1. The number of urea groups is 1. The van der Waals surface area contributed by atoms with Crippen LogP contribution in [0.25, 0.3) is 10.9 Å². The maximum Gasteiger partial charge on any atom is 0.336 e. The van der Waals surface area contributed by atoms with E-state index in [-0.39, 0.29) is 6.03 Å². The summed E-state index contributed by atoms with van der Waals surface area (Å²) in [6.07, 6.45) is 3.64. The van der Waals surface area contributed by atoms with E-state index in [1.807, 2.05) is 54.7 Å². The van der Waals surface area contributed by atoms with Crippen molar-refractivity contribution in [2.45, 2.75) is 5.54 Å². The van der Waals surface area contributed by atoms with Gasteiger partial charge in [-0.3, -0.25) is 0 Å². The molecule has 1 unspecified atom stereocenters. The van der Waals surface area contributed by atoms with E-state index in [0.29, 0.717) is 0 Å². The molecule has 0 bridgehead atoms. The Hall–Kier alpha value is -3.08. The number of hydrazone groups is 1. The van der Waals surface area contributed by atoms with Gasteiger partial charge >= 0.3 is 6.03 Å². The van der Waals surface area contributed by atoms with Gasteiger partial charge in [-0.05, 0) is 34.7 Å². The van der Waals surface area contributed by atoms with E-state index in [2.05, 4.69) is 26.9 Å². The number of carbonyl (C=O) groups is 1. The molecule has 0 aliphatic carbocycles. The SMILES string of the molecule is O=C1NN=CC(c2ccccc2)(c2ccc3[nH]ccc3c2)N1. The van der Waals surface area contributed by atoms with Crippen LogP contribution in [-0.4, -0.2) is 17.2 Å². The molecule has 1 aromatic heterocycles. The van der Waals surface area contributed by atoms with Gasteiger partial charge in [0.25, 0.3) is 0 Å². The predicted molar refractivity (Wildman–Crippen MR) is 85.7 cm³/mol. The van der Waals surface area contributed by atoms with Crippen molar-refractivity contribution in [2.75, 3.05) is 0 Å². The molecule has 1 aliphatic heterocycles. The highest BCUT2D eigenvalue weighted by Gasteiger charge is 2.36. The summed E-state index contributed by atoms with van der Waals surface area (Å²) in [5.41, 5.74) is 4.64. The molecule has 4 rings (SSSR count). The van der Waals surface area contributed by atoms with Crippen molar-refractivity contribution in [1.29, 1.82) is 0 Å². The van der Waals surface area contributed by atoms with Gasteiger partial charge in [0.2, 0.25) is 0 Å². The second kappa shape index (κ2) is 4.73. The quantitative estimate of drug-likeness (QED) is 0.667. The van der Waals surface area contributed by atoms with Crippen molar-refractivity contribution in [2.24, 2.45) is 5.10 Å². The number of nitrogens with one attached hydrogen (secondary N) is 3. The van der Waals surface area contributed by atoms with Gasteiger partial charge in [0.15, 0.2) is 0 Å². The Morgan fingerprint density at radius 2 is 1.82 bits per heavy atom. The van der Waals surface area contributed by atoms with E-state index in [1.54, 1.807) is 6.21 Å². The van der Waals surface area contributed by atoms with Crippen LogP contribution in [0.2, 0.25) is 0 Å². The lowest BCUT2D eigenvalue weighted by molar-refractivity contribution is 0.234. The molecular formula is C17H14N4O. The van der Waals surface area contributed by atoms with Gasteiger partial charge in [0, 0.05) is 11.7 Å². The van der Waals surface area contributed by atoms with Crippen molar-refractivity contribution in [3.8, 4) is 0 Å². The molecule has 3 N–H and O–H groups in total. The third-order valence-corrected chi connectivity index (χ3v) is 3.97. The molecule has 2 heterocycles. The molecule has 0 fully saturated rings. The molecule has 3 aromatic rings. The molecule has 0 saturated carbocycles. The van der Waals surface area contributed by atoms with Crippen LogP contribution in [0.3, 0.4) is 0 Å². The topological polar surface area (TPSA) is 69.3 Å². The van der Waals surface area contributed by atoms with Crippen LogP contribution in [0.5, 0.6) is 0 Å². The predicted octanol–water partition coefficient (Wildman–Crippen LogP) is 2.71. The Bertz CT molecular complexity index is 869. The van der Waals surface area contributed by atoms with Crippen LogP contribution in [-0.2, 0) is 5.54 Å². The van der Waals surface area contributed by atoms with Crippen LogP contribution >= 0.6 is 0 Å². The number of hydrogen-bond donors (Lipinski definition) is 3. The first kappa shape index (κ1) is 12.6. The lowest BCUT2D eigenvalue weighted by atomic mass is 9.83. The van der Waals surface area contributed by atoms with Crippen molar-refractivity contribution in [3.05, 3.63) is 71.9 Å². The normalized spacial score (nSPS) is 20.6. The summed E-state index contributed by atoms with van der Waals surface area (Å²) in [4.78, 5) is 15.1. The highest BCUT2D eigenvalue weighted by atomic mass is 16.2. The first-order valence-corrected chi connectivity index (χ1v) is 7.03. The fourth-order valence-corrected chi connectivity index (χ4v) is 2.89. The summed E-state index contributed by atoms with van der Waals surface area (Å²) in [5.74, 6) is 0. The Labute approximate surface area is 127 Å². The lowest BCUT2D eigenvalue weighted by Gasteiger charge is -2.34. The molecule has 1 aliphatic rings. The number of rotatable bonds is 2. The highest BCUT2D eigenvalue weighted by molar-refractivity contribution is 5.91. The van der Waals surface area contributed by atoms with Crippen LogP contribution in [0.4, 0.5) is 4.79 Å². The number of hydrogen-bond acceptors (Lipinski definition) is 2. The zero-order chi connectivity index (χ0) is 15.0. The highest BCUT2D eigenvalue weighted by Crippen LogP contribution is 2.31. The first-order chi connectivity index (χ1) is 10.8. The number of fused-ring (bicyclic) bond motifs is 1. The van der Waals surface area contributed by atoms with Crippen LogP contribution in [0, 0.1) is 0 Å². The Morgan fingerprint density at radius 3 is 2.64 bits per heavy atom. The van der Waals surface area contributed by atoms with E-state index < -0.39 is 5.54 Å². The summed E-state index contributed by atoms with van der Waals surface area (Å²) >= 11 is 0. The van der Waals surface area contributed by atoms with Gasteiger partial charge in [0.1, 0.15) is 5.54 Å². The molecule has 5 heteroatoms. The number of amides is 2. The standard InChI is InChI=1S/C17H14N4O/c22-16-20-17(11-19-21-16,13-4-2-1-3-5-13)14-6-7-15-12(10-14)8-9-18-15/h1-11,18H,(H2,20,21,22). The van der Waals surface area contributed by atoms with Crippen molar-refractivity contribution in [3.63, 3.8) is 0 Å². The van der Waals surface area contributed by atoms with Crippen LogP contribution < -0.4 is 10.7 Å². The van der Waals surface area contributed by atoms with Gasteiger partial charge in [-0.2, -0.15) is 5.10 Å². The third-order valence-electron chi connectivity index (χ3n) is 3.97. The maximum absolute atomic E-state index is 11.9. The number of carbonyl (C=O) groups excluding carboxylic acids is 1. The minimum Gasteiger partial charge on any atom is -0.361 e. The van der Waals surface area contributed by atoms with Gasteiger partial charge in [0.05, 0.1) is 6.21 Å². The number of aromatic amines is 1. The third kappa shape index (κ3) is 1.87. The van der Waals surface area contributed by atoms with Gasteiger partial charge in [-0.15, -0.1) is 0 Å². The van der Waals surface area contributed by atoms with Crippen molar-refractivity contribution < 1.29 is 4.79 Å². The van der Waals surface area contributed by atoms with E-state index >= 15 is 0 Å². The Morgan fingerprint density at radius 1 is 0.955 bits per heavy atom. The van der Waals surface area contributed by atoms with Crippen LogP contribution in [0.15, 0.2) is 65.9 Å². The minimum atomic E-state index is -0.769. The monoisotopic (exact) mass is 290 g/mol. The van der Waals surface area contributed by atoms with Crippen LogP contribution in [0.1, 0.15) is 11.1 Å². The average molecular weight is 290 g/mol. The molecule has 0 radical (unpaired) electrons. The summed E-state index contributed by atoms with van der Waals surface area (Å²) in [7, 11) is 0. The van der Waals surface area contributed by atoms with Gasteiger partial charge in [-0.25, -0.2) is 10.2 Å². The van der Waals surface area contributed by atoms with E-state index in [0.717, 1.165) is 22.0 Å². The fraction of sp³-hybridized carbons (Fsp3) is 0.0588. The molecule has 108 valence electrons. The molecule has 2 aromatic carbocycles. The second-order valence-corrected chi connectivity index (χ2v) is 5.28. The molecule has 2 amide bonds. The maximum atomic E-state index is 11.9. The summed E-state index contributed by atoms with van der Waals surface area (Å²) < 4.78 is 0. The molecule has 22 heavy (non-hydrogen) atoms. The number of aromatic nitrogens is 1. The first-order valence-electron chi connectivity index (χ1n) is 7.03. The molecule has 1 atom stereocenters. The Balaban J connectivity index is 1.96. The lowest BCUT2D eigenvalue weighted by Crippen LogP contribution is -2.54. The number of nitrogens with zero attached hydrogens (tertiary/aromatic N) is 1. The molecular weight excluding hydrogens is 276 g/mol. The summed E-state index contributed by atoms with van der Waals surface area (Å²) in [5, 5.41) is 8.14. The number of benzene rings is 2. The summed E-state index contributed by atoms with van der Waals surface area (Å²) in [6, 6.07) is 17.6. The largest absolute Gasteiger partial charge is 0.361 e. The van der Waals surface area contributed by atoms with Gasteiger partial charge in [-0.1, -0.05) is 36.4 Å². The fourth-order valence-electron chi connectivity index (χ4n) is 2.89. The van der Waals surface area contributed by atoms with E-state index in [4.69, 9.17) is 0 Å². The van der Waals surface area contributed by atoms with Crippen molar-refractivity contribution in [1.82, 2.24) is 15.7 Å². The zero-order valence-corrected chi connectivity index (χ0v) is 11.7.